The number of aromatic nitrogens is 2. The van der Waals surface area contributed by atoms with Crippen molar-refractivity contribution in [2.75, 3.05) is 13.6 Å². The molecule has 0 fully saturated rings. The molecule has 1 aromatic heterocycles. The zero-order chi connectivity index (χ0) is 13.6. The van der Waals surface area contributed by atoms with Crippen LogP contribution in [-0.4, -0.2) is 41.9 Å². The third kappa shape index (κ3) is 2.08. The number of nitrogens with zero attached hydrogens (tertiary/aromatic N) is 3. The van der Waals surface area contributed by atoms with Crippen molar-refractivity contribution in [2.45, 2.75) is 25.9 Å². The Balaban J connectivity index is 2.25. The van der Waals surface area contributed by atoms with Crippen molar-refractivity contribution in [1.82, 2.24) is 14.5 Å². The molecule has 2 heterocycles. The average Bonchev–Trinajstić information content (AvgIpc) is 2.50. The maximum atomic E-state index is 12.6. The van der Waals surface area contributed by atoms with Gasteiger partial charge in [-0.1, -0.05) is 11.5 Å². The van der Waals surface area contributed by atoms with Crippen molar-refractivity contribution < 1.29 is 0 Å². The molecule has 5 heteroatoms. The van der Waals surface area contributed by atoms with Crippen molar-refractivity contribution in [2.24, 2.45) is 0 Å². The van der Waals surface area contributed by atoms with E-state index < -0.39 is 0 Å². The molecule has 0 radical (unpaired) electrons. The van der Waals surface area contributed by atoms with Gasteiger partial charge in [0, 0.05) is 25.6 Å². The van der Waals surface area contributed by atoms with Gasteiger partial charge in [-0.3, -0.25) is 9.36 Å². The Labute approximate surface area is 113 Å². The van der Waals surface area contributed by atoms with Crippen LogP contribution in [0.2, 0.25) is 0 Å². The smallest absolute Gasteiger partial charge is 0.261 e. The Morgan fingerprint density at radius 2 is 2.16 bits per heavy atom. The minimum atomic E-state index is 0.0995. The minimum absolute atomic E-state index is 0.0995. The number of hydrogen-bond acceptors (Lipinski definition) is 3. The highest BCUT2D eigenvalue weighted by molar-refractivity contribution is 6.33. The second kappa shape index (κ2) is 4.49. The molecule has 0 aliphatic carbocycles. The molecular weight excluding hydrogens is 237 g/mol. The first-order valence-electron chi connectivity index (χ1n) is 6.76. The topological polar surface area (TPSA) is 38.1 Å². The van der Waals surface area contributed by atoms with Gasteiger partial charge in [0.15, 0.2) is 0 Å². The van der Waals surface area contributed by atoms with Crippen LogP contribution in [0.15, 0.2) is 23.0 Å². The third-order valence-corrected chi connectivity index (χ3v) is 4.10. The van der Waals surface area contributed by atoms with E-state index in [2.05, 4.69) is 18.9 Å². The molecule has 0 N–H and O–H groups in total. The zero-order valence-electron chi connectivity index (χ0n) is 11.7. The Bertz CT molecular complexity index is 695. The highest BCUT2D eigenvalue weighted by atomic mass is 16.1. The Hall–Kier alpha value is -1.62. The van der Waals surface area contributed by atoms with Crippen LogP contribution >= 0.6 is 0 Å². The molecule has 98 valence electrons. The fourth-order valence-electron chi connectivity index (χ4n) is 2.66. The lowest BCUT2D eigenvalue weighted by molar-refractivity contribution is 0.262. The summed E-state index contributed by atoms with van der Waals surface area (Å²) in [5.41, 5.74) is 2.07. The van der Waals surface area contributed by atoms with Gasteiger partial charge >= 0.3 is 0 Å². The lowest BCUT2D eigenvalue weighted by Crippen LogP contribution is -2.30. The highest BCUT2D eigenvalue weighted by Gasteiger charge is 2.20. The summed E-state index contributed by atoms with van der Waals surface area (Å²) in [5.74, 6) is 0.917. The molecule has 0 saturated heterocycles. The number of rotatable bonds is 0. The largest absolute Gasteiger partial charge is 0.301 e. The van der Waals surface area contributed by atoms with Crippen molar-refractivity contribution in [3.8, 4) is 0 Å². The van der Waals surface area contributed by atoms with Crippen LogP contribution in [0.25, 0.3) is 10.9 Å². The monoisotopic (exact) mass is 255 g/mol. The van der Waals surface area contributed by atoms with E-state index in [1.165, 1.54) is 0 Å². The van der Waals surface area contributed by atoms with Crippen molar-refractivity contribution in [3.05, 3.63) is 34.4 Å². The van der Waals surface area contributed by atoms with Gasteiger partial charge < -0.3 is 4.90 Å². The second-order valence-electron chi connectivity index (χ2n) is 5.54. The Kier molecular flexibility index (Phi) is 2.94. The summed E-state index contributed by atoms with van der Waals surface area (Å²) >= 11 is 0. The van der Waals surface area contributed by atoms with E-state index in [1.807, 2.05) is 30.6 Å². The number of fused-ring (bicyclic) bond motifs is 2. The fraction of sp³-hybridized carbons (Fsp3) is 0.429. The number of likely N-dealkylation sites (N-methyl/N-ethyl adjacent to an activating group) is 1. The molecule has 3 rings (SSSR count). The van der Waals surface area contributed by atoms with Gasteiger partial charge in [0.2, 0.25) is 0 Å². The summed E-state index contributed by atoms with van der Waals surface area (Å²) in [7, 11) is 4.13. The van der Waals surface area contributed by atoms with Gasteiger partial charge in [-0.25, -0.2) is 4.98 Å². The summed E-state index contributed by atoms with van der Waals surface area (Å²) < 4.78 is 1.84. The molecule has 0 spiro atoms. The third-order valence-electron chi connectivity index (χ3n) is 4.10. The summed E-state index contributed by atoms with van der Waals surface area (Å²) in [4.78, 5) is 19.6. The van der Waals surface area contributed by atoms with Gasteiger partial charge in [-0.2, -0.15) is 0 Å². The SMILES string of the molecule is Bc1ccc2c(=O)n3c(nc2c1)CC(C)N(C)CC3. The van der Waals surface area contributed by atoms with Crippen LogP contribution in [0.4, 0.5) is 0 Å². The molecule has 0 bridgehead atoms. The van der Waals surface area contributed by atoms with Crippen LogP contribution in [0.1, 0.15) is 12.7 Å². The lowest BCUT2D eigenvalue weighted by atomic mass is 9.95. The molecule has 1 aliphatic heterocycles. The Morgan fingerprint density at radius 3 is 2.95 bits per heavy atom. The molecule has 2 aromatic rings. The summed E-state index contributed by atoms with van der Waals surface area (Å²) in [6.07, 6.45) is 0.829. The maximum Gasteiger partial charge on any atom is 0.261 e. The van der Waals surface area contributed by atoms with Crippen LogP contribution in [0.3, 0.4) is 0 Å². The summed E-state index contributed by atoms with van der Waals surface area (Å²) in [6, 6.07) is 6.29. The lowest BCUT2D eigenvalue weighted by Gasteiger charge is -2.20. The average molecular weight is 255 g/mol. The predicted octanol–water partition coefficient (Wildman–Crippen LogP) is -0.469. The molecule has 19 heavy (non-hydrogen) atoms. The van der Waals surface area contributed by atoms with Gasteiger partial charge in [-0.05, 0) is 26.1 Å². The number of hydrogen-bond donors (Lipinski definition) is 0. The number of benzene rings is 1. The second-order valence-corrected chi connectivity index (χ2v) is 5.54. The van der Waals surface area contributed by atoms with E-state index in [9.17, 15) is 4.79 Å². The first-order chi connectivity index (χ1) is 9.06. The quantitative estimate of drug-likeness (QED) is 0.597. The molecule has 0 amide bonds. The van der Waals surface area contributed by atoms with Crippen molar-refractivity contribution in [1.29, 1.82) is 0 Å². The van der Waals surface area contributed by atoms with Gasteiger partial charge in [-0.15, -0.1) is 0 Å². The van der Waals surface area contributed by atoms with Gasteiger partial charge in [0.25, 0.3) is 5.56 Å². The first-order valence-corrected chi connectivity index (χ1v) is 6.76. The molecule has 1 unspecified atom stereocenters. The molecule has 1 aliphatic rings. The minimum Gasteiger partial charge on any atom is -0.301 e. The predicted molar refractivity (Wildman–Crippen MR) is 80.0 cm³/mol. The van der Waals surface area contributed by atoms with Crippen molar-refractivity contribution in [3.63, 3.8) is 0 Å². The van der Waals surface area contributed by atoms with Crippen LogP contribution in [0.5, 0.6) is 0 Å². The van der Waals surface area contributed by atoms with Crippen molar-refractivity contribution >= 4 is 24.2 Å². The van der Waals surface area contributed by atoms with E-state index in [0.29, 0.717) is 6.04 Å². The zero-order valence-corrected chi connectivity index (χ0v) is 11.7. The van der Waals surface area contributed by atoms with Crippen LogP contribution in [0, 0.1) is 0 Å². The molecular formula is C14H18BN3O. The van der Waals surface area contributed by atoms with E-state index in [4.69, 9.17) is 4.98 Å². The van der Waals surface area contributed by atoms with E-state index in [-0.39, 0.29) is 5.56 Å². The van der Waals surface area contributed by atoms with E-state index in [0.717, 1.165) is 41.7 Å². The van der Waals surface area contributed by atoms with E-state index >= 15 is 0 Å². The summed E-state index contributed by atoms with van der Waals surface area (Å²) in [5, 5.41) is 0.728. The fourth-order valence-corrected chi connectivity index (χ4v) is 2.66. The molecule has 1 aromatic carbocycles. The maximum absolute atomic E-state index is 12.6. The highest BCUT2D eigenvalue weighted by Crippen LogP contribution is 2.13. The van der Waals surface area contributed by atoms with Gasteiger partial charge in [0.05, 0.1) is 10.9 Å². The van der Waals surface area contributed by atoms with Crippen LogP contribution < -0.4 is 11.0 Å². The molecule has 4 nitrogen and oxygen atoms in total. The normalized spacial score (nSPS) is 20.2. The van der Waals surface area contributed by atoms with Gasteiger partial charge in [0.1, 0.15) is 13.7 Å². The standard InChI is InChI=1S/C14H18BN3O/c1-9-7-13-16-12-8-10(15)3-4-11(12)14(19)18(13)6-5-17(9)2/h3-4,8-9H,5-7,15H2,1-2H3. The molecule has 1 atom stereocenters. The van der Waals surface area contributed by atoms with Crippen LogP contribution in [-0.2, 0) is 13.0 Å². The Morgan fingerprint density at radius 1 is 1.37 bits per heavy atom. The molecule has 0 saturated carbocycles. The van der Waals surface area contributed by atoms with E-state index in [1.54, 1.807) is 0 Å². The first kappa shape index (κ1) is 12.4. The summed E-state index contributed by atoms with van der Waals surface area (Å²) in [6.45, 7) is 3.81.